The van der Waals surface area contributed by atoms with Gasteiger partial charge in [-0.3, -0.25) is 33.6 Å². The van der Waals surface area contributed by atoms with E-state index < -0.39 is 114 Å². The van der Waals surface area contributed by atoms with Gasteiger partial charge in [-0.25, -0.2) is 4.79 Å². The molecule has 52 heavy (non-hydrogen) atoms. The van der Waals surface area contributed by atoms with Crippen molar-refractivity contribution >= 4 is 76.6 Å². The summed E-state index contributed by atoms with van der Waals surface area (Å²) in [6.07, 6.45) is -6.65. The molecule has 0 radical (unpaired) electrons. The topological polar surface area (TPSA) is 224 Å². The van der Waals surface area contributed by atoms with Crippen molar-refractivity contribution in [2.45, 2.75) is 95.1 Å². The van der Waals surface area contributed by atoms with Gasteiger partial charge in [0.25, 0.3) is 0 Å². The van der Waals surface area contributed by atoms with Gasteiger partial charge in [0, 0.05) is 44.9 Å². The molecule has 2 aliphatic heterocycles. The summed E-state index contributed by atoms with van der Waals surface area (Å²) in [5.74, 6) is -6.30. The summed E-state index contributed by atoms with van der Waals surface area (Å²) in [7, 11) is 0. The zero-order valence-electron chi connectivity index (χ0n) is 29.6. The summed E-state index contributed by atoms with van der Waals surface area (Å²) < 4.78 is 31.2. The van der Waals surface area contributed by atoms with Crippen LogP contribution in [0, 0.1) is 0 Å². The van der Waals surface area contributed by atoms with Crippen molar-refractivity contribution in [1.82, 2.24) is 9.80 Å². The van der Waals surface area contributed by atoms with Crippen LogP contribution in [0.25, 0.3) is 0 Å². The van der Waals surface area contributed by atoms with Crippen LogP contribution in [-0.2, 0) is 62.0 Å². The lowest BCUT2D eigenvalue weighted by molar-refractivity contribution is -0.204. The number of thiocarbonyl (C=S) groups is 1. The molecule has 2 N–H and O–H groups in total. The van der Waals surface area contributed by atoms with Crippen LogP contribution in [0.3, 0.4) is 0 Å². The van der Waals surface area contributed by atoms with E-state index in [2.05, 4.69) is 0 Å². The van der Waals surface area contributed by atoms with E-state index in [4.69, 9.17) is 46.4 Å². The smallest absolute Gasteiger partial charge is 0.330 e. The fourth-order valence-corrected chi connectivity index (χ4v) is 7.72. The molecule has 0 bridgehead atoms. The number of thioether (sulfide) groups is 1. The Hall–Kier alpha value is -4.78. The van der Waals surface area contributed by atoms with Gasteiger partial charge in [-0.1, -0.05) is 30.3 Å². The predicted octanol–water partition coefficient (Wildman–Crippen LogP) is 0.679. The number of carbonyl (C=O) groups is 8. The monoisotopic (exact) mass is 767 g/mol. The van der Waals surface area contributed by atoms with Crippen molar-refractivity contribution in [2.24, 2.45) is 5.73 Å². The minimum Gasteiger partial charge on any atom is -0.462 e. The third-order valence-electron chi connectivity index (χ3n) is 7.82. The number of hydrogen-bond donors (Lipinski definition) is 1. The van der Waals surface area contributed by atoms with Crippen LogP contribution < -0.4 is 5.73 Å². The lowest BCUT2D eigenvalue weighted by Crippen LogP contribution is -2.73. The van der Waals surface area contributed by atoms with Crippen molar-refractivity contribution < 1.29 is 66.8 Å². The molecule has 0 unspecified atom stereocenters. The van der Waals surface area contributed by atoms with Crippen LogP contribution in [0.15, 0.2) is 30.3 Å². The van der Waals surface area contributed by atoms with E-state index in [-0.39, 0.29) is 5.11 Å². The molecule has 2 saturated heterocycles. The van der Waals surface area contributed by atoms with Crippen molar-refractivity contribution in [1.29, 1.82) is 0 Å². The normalized spacial score (nSPS) is 20.7. The second-order valence-electron chi connectivity index (χ2n) is 12.3. The zero-order chi connectivity index (χ0) is 39.1. The summed E-state index contributed by atoms with van der Waals surface area (Å²) in [6.45, 7) is 6.86. The standard InChI is InChI=1S/C33H41N3O14S2/c1-16(37)45-15-24(48-18(3)39)27(50-20(5)41)26(49-19(4)40)23(47-17(2)38)13-35(32(34)51)25-29(43)36-28(33(6,7)52-30(25)36)31(44)46-14-22(42)21-11-9-8-10-12-21/h8-12,23-28,30H,13-15H2,1-7H3,(H2,34,51)/t23-,24+,25+,26+,27+,28-,30+/m0/s1. The Morgan fingerprint density at radius 1 is 0.827 bits per heavy atom. The number of fused-ring (bicyclic) bond motifs is 1. The average Bonchev–Trinajstić information content (AvgIpc) is 3.29. The van der Waals surface area contributed by atoms with Gasteiger partial charge in [-0.2, -0.15) is 0 Å². The summed E-state index contributed by atoms with van der Waals surface area (Å²) in [5.41, 5.74) is 6.47. The summed E-state index contributed by atoms with van der Waals surface area (Å²) >= 11 is 6.55. The highest BCUT2D eigenvalue weighted by molar-refractivity contribution is 8.01. The van der Waals surface area contributed by atoms with Gasteiger partial charge >= 0.3 is 35.8 Å². The molecule has 1 aromatic rings. The first kappa shape index (κ1) is 41.6. The van der Waals surface area contributed by atoms with Crippen LogP contribution in [-0.4, -0.2) is 129 Å². The first-order valence-electron chi connectivity index (χ1n) is 15.9. The molecule has 19 heteroatoms. The molecule has 3 rings (SSSR count). The SMILES string of the molecule is CC(=O)OC[C@@H](OC(C)=O)[C@@H](OC(C)=O)[C@H](OC(C)=O)[C@H](CN(C(N)=S)[C@@H]1C(=O)N2[C@@H]1SC(C)(C)[C@@H]2C(=O)OCC(=O)c1ccccc1)OC(C)=O. The number of nitrogens with zero attached hydrogens (tertiary/aromatic N) is 2. The highest BCUT2D eigenvalue weighted by Crippen LogP contribution is 2.52. The summed E-state index contributed by atoms with van der Waals surface area (Å²) in [4.78, 5) is 103. The number of Topliss-reactive ketones (excluding diaryl/α,β-unsaturated/α-hetero) is 1. The second-order valence-corrected chi connectivity index (χ2v) is 14.5. The first-order chi connectivity index (χ1) is 24.2. The molecule has 7 atom stereocenters. The predicted molar refractivity (Wildman–Crippen MR) is 184 cm³/mol. The molecular weight excluding hydrogens is 727 g/mol. The average molecular weight is 768 g/mol. The van der Waals surface area contributed by atoms with Crippen molar-refractivity contribution in [3.63, 3.8) is 0 Å². The maximum Gasteiger partial charge on any atom is 0.330 e. The number of ether oxygens (including phenoxy) is 6. The van der Waals surface area contributed by atoms with E-state index in [1.54, 1.807) is 44.2 Å². The minimum atomic E-state index is -1.74. The lowest BCUT2D eigenvalue weighted by atomic mass is 9.94. The maximum absolute atomic E-state index is 13.9. The molecule has 1 amide bonds. The maximum atomic E-state index is 13.9. The van der Waals surface area contributed by atoms with E-state index >= 15 is 0 Å². The second kappa shape index (κ2) is 17.6. The number of esters is 6. The molecule has 0 aliphatic carbocycles. The van der Waals surface area contributed by atoms with Gasteiger partial charge in [0.05, 0.1) is 6.54 Å². The number of hydrogen-bond acceptors (Lipinski definition) is 16. The molecule has 284 valence electrons. The lowest BCUT2D eigenvalue weighted by Gasteiger charge is -2.49. The largest absolute Gasteiger partial charge is 0.462 e. The van der Waals surface area contributed by atoms with Gasteiger partial charge in [0.2, 0.25) is 5.91 Å². The van der Waals surface area contributed by atoms with E-state index in [0.29, 0.717) is 5.56 Å². The number of carbonyl (C=O) groups excluding carboxylic acids is 8. The number of nitrogens with two attached hydrogens (primary N) is 1. The fourth-order valence-electron chi connectivity index (χ4n) is 5.84. The van der Waals surface area contributed by atoms with Gasteiger partial charge in [0.15, 0.2) is 41.9 Å². The quantitative estimate of drug-likeness (QED) is 0.0802. The summed E-state index contributed by atoms with van der Waals surface area (Å²) in [5, 5.41) is -1.10. The summed E-state index contributed by atoms with van der Waals surface area (Å²) in [6, 6.07) is 5.98. The number of benzene rings is 1. The fraction of sp³-hybridized carbons (Fsp3) is 0.545. The third-order valence-corrected chi connectivity index (χ3v) is 9.61. The Morgan fingerprint density at radius 3 is 1.85 bits per heavy atom. The molecule has 2 heterocycles. The van der Waals surface area contributed by atoms with E-state index in [0.717, 1.165) is 34.6 Å². The zero-order valence-corrected chi connectivity index (χ0v) is 31.2. The van der Waals surface area contributed by atoms with Crippen LogP contribution in [0.4, 0.5) is 0 Å². The molecule has 1 aromatic carbocycles. The van der Waals surface area contributed by atoms with Crippen LogP contribution >= 0.6 is 24.0 Å². The van der Waals surface area contributed by atoms with Gasteiger partial charge in [0.1, 0.15) is 24.1 Å². The number of β-lactam (4-membered cyclic amide) rings is 1. The molecule has 0 saturated carbocycles. The van der Waals surface area contributed by atoms with Gasteiger partial charge < -0.3 is 44.0 Å². The molecule has 0 aromatic heterocycles. The molecule has 17 nitrogen and oxygen atoms in total. The van der Waals surface area contributed by atoms with E-state index in [9.17, 15) is 38.4 Å². The third kappa shape index (κ3) is 10.4. The molecule has 2 fully saturated rings. The molecular formula is C33H41N3O14S2. The minimum absolute atomic E-state index is 0.344. The number of amides is 1. The molecule has 2 aliphatic rings. The van der Waals surface area contributed by atoms with Crippen LogP contribution in [0.5, 0.6) is 0 Å². The highest BCUT2D eigenvalue weighted by atomic mass is 32.2. The Morgan fingerprint density at radius 2 is 1.35 bits per heavy atom. The van der Waals surface area contributed by atoms with E-state index in [1.807, 2.05) is 0 Å². The highest BCUT2D eigenvalue weighted by Gasteiger charge is 2.66. The first-order valence-corrected chi connectivity index (χ1v) is 17.2. The van der Waals surface area contributed by atoms with Gasteiger partial charge in [-0.05, 0) is 26.1 Å². The number of ketones is 1. The van der Waals surface area contributed by atoms with Crippen molar-refractivity contribution in [3.05, 3.63) is 35.9 Å². The van der Waals surface area contributed by atoms with Crippen LogP contribution in [0.2, 0.25) is 0 Å². The van der Waals surface area contributed by atoms with Crippen molar-refractivity contribution in [3.8, 4) is 0 Å². The van der Waals surface area contributed by atoms with Gasteiger partial charge in [-0.15, -0.1) is 11.8 Å². The van der Waals surface area contributed by atoms with Crippen LogP contribution in [0.1, 0.15) is 58.8 Å². The Balaban J connectivity index is 1.95. The number of rotatable bonds is 16. The Bertz CT molecular complexity index is 1590. The molecule has 0 spiro atoms. The Labute approximate surface area is 309 Å². The Kier molecular flexibility index (Phi) is 14.1. The van der Waals surface area contributed by atoms with Crippen molar-refractivity contribution in [2.75, 3.05) is 19.8 Å². The van der Waals surface area contributed by atoms with E-state index in [1.165, 1.54) is 21.6 Å².